The highest BCUT2D eigenvalue weighted by Crippen LogP contribution is 2.48. The second kappa shape index (κ2) is 14.9. The third-order valence-electron chi connectivity index (χ3n) is 11.9. The van der Waals surface area contributed by atoms with Crippen LogP contribution in [-0.2, 0) is 23.9 Å². The molecule has 6 aromatic carbocycles. The van der Waals surface area contributed by atoms with Crippen molar-refractivity contribution < 1.29 is 0 Å². The summed E-state index contributed by atoms with van der Waals surface area (Å²) in [6, 6.07) is 58.5. The smallest absolute Gasteiger partial charge is 0.0447 e. The summed E-state index contributed by atoms with van der Waals surface area (Å²) in [5.41, 5.74) is 6.81. The van der Waals surface area contributed by atoms with Crippen LogP contribution in [0.3, 0.4) is 0 Å². The van der Waals surface area contributed by atoms with Crippen LogP contribution in [0.15, 0.2) is 158 Å². The van der Waals surface area contributed by atoms with Crippen molar-refractivity contribution in [2.24, 2.45) is 0 Å². The molecule has 2 N–H and O–H groups in total. The molecular weight excluding hydrogens is 666 g/mol. The van der Waals surface area contributed by atoms with Gasteiger partial charge in [-0.1, -0.05) is 158 Å². The van der Waals surface area contributed by atoms with E-state index < -0.39 is 15.8 Å². The van der Waals surface area contributed by atoms with E-state index in [0.717, 1.165) is 13.1 Å². The van der Waals surface area contributed by atoms with Crippen molar-refractivity contribution >= 4 is 47.7 Å². The van der Waals surface area contributed by atoms with Crippen molar-refractivity contribution in [2.75, 3.05) is 13.1 Å². The standard InChI is InChI=1S/2C24H24NP/c2*1-3-10-20(11-4-1)26(21-12-5-2-6-13-21)22-14-7-9-19-15-17-24(23(19)22)16-8-18-25-24/h2*1-7,9-14,25H,8,15-18H2/t2*24-/m00/s1. The van der Waals surface area contributed by atoms with E-state index in [1.54, 1.807) is 32.9 Å². The Hall–Kier alpha value is -3.90. The first kappa shape index (κ1) is 33.9. The van der Waals surface area contributed by atoms with Crippen LogP contribution in [0.25, 0.3) is 0 Å². The van der Waals surface area contributed by atoms with Gasteiger partial charge in [0.25, 0.3) is 0 Å². The summed E-state index contributed by atoms with van der Waals surface area (Å²) < 4.78 is 0. The molecule has 52 heavy (non-hydrogen) atoms. The summed E-state index contributed by atoms with van der Waals surface area (Å²) in [7, 11) is -1.06. The van der Waals surface area contributed by atoms with Crippen LogP contribution in [0.5, 0.6) is 0 Å². The summed E-state index contributed by atoms with van der Waals surface area (Å²) >= 11 is 0. The van der Waals surface area contributed by atoms with Crippen LogP contribution >= 0.6 is 15.8 Å². The zero-order chi connectivity index (χ0) is 34.8. The van der Waals surface area contributed by atoms with E-state index in [-0.39, 0.29) is 11.1 Å². The van der Waals surface area contributed by atoms with E-state index in [1.165, 1.54) is 72.6 Å². The number of hydrogen-bond acceptors (Lipinski definition) is 2. The molecule has 4 heteroatoms. The fraction of sp³-hybridized carbons (Fsp3) is 0.250. The van der Waals surface area contributed by atoms with Gasteiger partial charge in [0.15, 0.2) is 0 Å². The molecule has 2 fully saturated rings. The van der Waals surface area contributed by atoms with Gasteiger partial charge in [0, 0.05) is 11.1 Å². The Morgan fingerprint density at radius 2 is 0.712 bits per heavy atom. The molecule has 0 saturated carbocycles. The fourth-order valence-corrected chi connectivity index (χ4v) is 14.9. The molecule has 2 nitrogen and oxygen atoms in total. The average molecular weight is 715 g/mol. The second-order valence-electron chi connectivity index (χ2n) is 14.9. The maximum Gasteiger partial charge on any atom is 0.0447 e. The molecule has 0 amide bonds. The molecule has 2 heterocycles. The number of hydrogen-bond donors (Lipinski definition) is 2. The average Bonchev–Trinajstić information content (AvgIpc) is 4.04. The fourth-order valence-electron chi connectivity index (χ4n) is 9.64. The summed E-state index contributed by atoms with van der Waals surface area (Å²) in [6.07, 6.45) is 10.1. The number of fused-ring (bicyclic) bond motifs is 4. The SMILES string of the molecule is c1ccc(P(c2ccccc2)c2cccc3c2[C@]2(CCCN2)CC3)cc1.c1ccc(P(c2ccccc2)c2cccc3c2[C@]2(CCCN2)CC3)cc1. The van der Waals surface area contributed by atoms with Crippen molar-refractivity contribution in [3.63, 3.8) is 0 Å². The lowest BCUT2D eigenvalue weighted by Crippen LogP contribution is -2.39. The van der Waals surface area contributed by atoms with E-state index in [9.17, 15) is 0 Å². The van der Waals surface area contributed by atoms with E-state index in [4.69, 9.17) is 0 Å². The molecule has 6 aromatic rings. The number of rotatable bonds is 6. The molecule has 0 bridgehead atoms. The van der Waals surface area contributed by atoms with E-state index in [2.05, 4.69) is 168 Å². The molecule has 4 aliphatic rings. The zero-order valence-electron chi connectivity index (χ0n) is 30.0. The Bertz CT molecular complexity index is 1870. The first-order valence-corrected chi connectivity index (χ1v) is 22.0. The van der Waals surface area contributed by atoms with Crippen molar-refractivity contribution in [1.29, 1.82) is 0 Å². The summed E-state index contributed by atoms with van der Waals surface area (Å²) in [5.74, 6) is 0. The number of benzene rings is 6. The highest BCUT2D eigenvalue weighted by Gasteiger charge is 2.44. The molecule has 2 aliphatic heterocycles. The molecule has 10 rings (SSSR count). The predicted molar refractivity (Wildman–Crippen MR) is 225 cm³/mol. The Kier molecular flexibility index (Phi) is 9.68. The van der Waals surface area contributed by atoms with Crippen molar-refractivity contribution in [3.05, 3.63) is 180 Å². The Labute approximate surface area is 312 Å². The molecule has 260 valence electrons. The molecule has 2 aliphatic carbocycles. The third kappa shape index (κ3) is 6.29. The Morgan fingerprint density at radius 3 is 1.02 bits per heavy atom. The molecule has 0 unspecified atom stereocenters. The van der Waals surface area contributed by atoms with Crippen molar-refractivity contribution in [2.45, 2.75) is 62.4 Å². The van der Waals surface area contributed by atoms with E-state index in [1.807, 2.05) is 0 Å². The second-order valence-corrected chi connectivity index (χ2v) is 19.2. The largest absolute Gasteiger partial charge is 0.307 e. The molecule has 0 radical (unpaired) electrons. The van der Waals surface area contributed by atoms with Crippen molar-refractivity contribution in [3.8, 4) is 0 Å². The van der Waals surface area contributed by atoms with Gasteiger partial charge < -0.3 is 10.6 Å². The van der Waals surface area contributed by atoms with Crippen LogP contribution in [0.2, 0.25) is 0 Å². The minimum Gasteiger partial charge on any atom is -0.307 e. The summed E-state index contributed by atoms with van der Waals surface area (Å²) in [4.78, 5) is 0. The van der Waals surface area contributed by atoms with Gasteiger partial charge in [0.05, 0.1) is 0 Å². The quantitative estimate of drug-likeness (QED) is 0.171. The van der Waals surface area contributed by atoms with E-state index >= 15 is 0 Å². The van der Waals surface area contributed by atoms with Crippen LogP contribution < -0.4 is 42.5 Å². The maximum atomic E-state index is 3.90. The van der Waals surface area contributed by atoms with Crippen LogP contribution in [0.4, 0.5) is 0 Å². The first-order valence-electron chi connectivity index (χ1n) is 19.3. The van der Waals surface area contributed by atoms with Crippen LogP contribution in [0, 0.1) is 0 Å². The third-order valence-corrected chi connectivity index (χ3v) is 16.9. The number of nitrogens with one attached hydrogen (secondary N) is 2. The highest BCUT2D eigenvalue weighted by atomic mass is 31.1. The van der Waals surface area contributed by atoms with Gasteiger partial charge in [-0.3, -0.25) is 0 Å². The zero-order valence-corrected chi connectivity index (χ0v) is 31.8. The van der Waals surface area contributed by atoms with Crippen LogP contribution in [0.1, 0.15) is 60.8 Å². The minimum atomic E-state index is -0.531. The summed E-state index contributed by atoms with van der Waals surface area (Å²) in [6.45, 7) is 2.31. The van der Waals surface area contributed by atoms with Gasteiger partial charge in [-0.25, -0.2) is 0 Å². The predicted octanol–water partition coefficient (Wildman–Crippen LogP) is 7.94. The lowest BCUT2D eigenvalue weighted by molar-refractivity contribution is 0.391. The van der Waals surface area contributed by atoms with E-state index in [0.29, 0.717) is 0 Å². The molecule has 0 aromatic heterocycles. The van der Waals surface area contributed by atoms with Gasteiger partial charge in [-0.15, -0.1) is 0 Å². The molecular formula is C48H48N2P2. The Balaban J connectivity index is 0.000000138. The first-order chi connectivity index (χ1) is 25.7. The number of aryl methyl sites for hydroxylation is 2. The lowest BCUT2D eigenvalue weighted by Gasteiger charge is -2.31. The molecule has 2 atom stereocenters. The lowest BCUT2D eigenvalue weighted by atomic mass is 9.90. The van der Waals surface area contributed by atoms with Gasteiger partial charge >= 0.3 is 0 Å². The minimum absolute atomic E-state index is 0.218. The van der Waals surface area contributed by atoms with Crippen molar-refractivity contribution in [1.82, 2.24) is 10.6 Å². The van der Waals surface area contributed by atoms with Gasteiger partial charge in [-0.05, 0) is 134 Å². The van der Waals surface area contributed by atoms with Gasteiger partial charge in [-0.2, -0.15) is 0 Å². The summed E-state index contributed by atoms with van der Waals surface area (Å²) in [5, 5.41) is 16.7. The normalized spacial score (nSPS) is 21.4. The highest BCUT2D eigenvalue weighted by molar-refractivity contribution is 7.80. The monoisotopic (exact) mass is 714 g/mol. The van der Waals surface area contributed by atoms with Crippen LogP contribution in [-0.4, -0.2) is 13.1 Å². The molecule has 2 spiro atoms. The topological polar surface area (TPSA) is 24.1 Å². The van der Waals surface area contributed by atoms with Gasteiger partial charge in [0.2, 0.25) is 0 Å². The maximum absolute atomic E-state index is 3.90. The Morgan fingerprint density at radius 1 is 0.365 bits per heavy atom. The molecule has 2 saturated heterocycles. The van der Waals surface area contributed by atoms with Gasteiger partial charge in [0.1, 0.15) is 0 Å².